The molecule has 3 rings (SSSR count). The van der Waals surface area contributed by atoms with Crippen LogP contribution in [0, 0.1) is 0 Å². The molecule has 0 N–H and O–H groups in total. The van der Waals surface area contributed by atoms with E-state index in [9.17, 15) is 9.59 Å². The van der Waals surface area contributed by atoms with Crippen LogP contribution in [0.15, 0.2) is 29.4 Å². The van der Waals surface area contributed by atoms with Crippen LogP contribution in [-0.4, -0.2) is 43.8 Å². The molecule has 1 aromatic carbocycles. The lowest BCUT2D eigenvalue weighted by Gasteiger charge is -2.19. The van der Waals surface area contributed by atoms with Crippen molar-refractivity contribution in [1.29, 1.82) is 0 Å². The van der Waals surface area contributed by atoms with Gasteiger partial charge in [-0.25, -0.2) is 0 Å². The van der Waals surface area contributed by atoms with Crippen LogP contribution in [0.5, 0.6) is 0 Å². The number of aromatic nitrogens is 3. The summed E-state index contributed by atoms with van der Waals surface area (Å²) in [5.41, 5.74) is 2.35. The van der Waals surface area contributed by atoms with Gasteiger partial charge >= 0.3 is 0 Å². The number of nitrogens with zero attached hydrogens (tertiary/aromatic N) is 4. The molecule has 2 heterocycles. The van der Waals surface area contributed by atoms with Gasteiger partial charge in [0.2, 0.25) is 11.8 Å². The number of benzene rings is 1. The van der Waals surface area contributed by atoms with Gasteiger partial charge in [0.05, 0.1) is 5.75 Å². The third-order valence-electron chi connectivity index (χ3n) is 4.54. The van der Waals surface area contributed by atoms with Crippen LogP contribution in [0.2, 0.25) is 0 Å². The summed E-state index contributed by atoms with van der Waals surface area (Å²) in [6, 6.07) is 8.32. The summed E-state index contributed by atoms with van der Waals surface area (Å²) in [6.07, 6.45) is 1.23. The number of carbonyl (C=O) groups excluding carboxylic acids is 2. The predicted octanol–water partition coefficient (Wildman–Crippen LogP) is 3.02. The Hall–Kier alpha value is -2.15. The molecule has 6 nitrogen and oxygen atoms in total. The largest absolute Gasteiger partial charge is 0.305 e. The molecular formula is C19H24N4O2S. The molecule has 7 heteroatoms. The van der Waals surface area contributed by atoms with E-state index >= 15 is 0 Å². The molecule has 1 aliphatic rings. The summed E-state index contributed by atoms with van der Waals surface area (Å²) in [5, 5.41) is 9.14. The van der Waals surface area contributed by atoms with E-state index in [1.165, 1.54) is 22.2 Å². The number of rotatable bonds is 4. The van der Waals surface area contributed by atoms with Crippen molar-refractivity contribution >= 4 is 23.6 Å². The van der Waals surface area contributed by atoms with Crippen molar-refractivity contribution in [2.24, 2.45) is 7.05 Å². The van der Waals surface area contributed by atoms with Crippen molar-refractivity contribution in [3.05, 3.63) is 29.8 Å². The van der Waals surface area contributed by atoms with Gasteiger partial charge in [-0.1, -0.05) is 56.8 Å². The van der Waals surface area contributed by atoms with Crippen LogP contribution in [0.25, 0.3) is 11.4 Å². The van der Waals surface area contributed by atoms with E-state index in [1.54, 1.807) is 0 Å². The first-order valence-electron chi connectivity index (χ1n) is 8.73. The van der Waals surface area contributed by atoms with Gasteiger partial charge in [-0.05, 0) is 17.4 Å². The third kappa shape index (κ3) is 3.82. The fourth-order valence-corrected chi connectivity index (χ4v) is 3.71. The second-order valence-corrected chi connectivity index (χ2v) is 8.47. The summed E-state index contributed by atoms with van der Waals surface area (Å²) in [6.45, 7) is 7.08. The first kappa shape index (κ1) is 18.6. The van der Waals surface area contributed by atoms with Gasteiger partial charge in [-0.2, -0.15) is 0 Å². The molecule has 0 radical (unpaired) electrons. The number of imide groups is 1. The fraction of sp³-hybridized carbons (Fsp3) is 0.474. The maximum absolute atomic E-state index is 12.2. The van der Waals surface area contributed by atoms with Crippen molar-refractivity contribution in [3.63, 3.8) is 0 Å². The van der Waals surface area contributed by atoms with Gasteiger partial charge in [0.1, 0.15) is 0 Å². The zero-order valence-corrected chi connectivity index (χ0v) is 16.5. The van der Waals surface area contributed by atoms with Crippen LogP contribution < -0.4 is 0 Å². The van der Waals surface area contributed by atoms with Gasteiger partial charge in [0.15, 0.2) is 11.0 Å². The number of carbonyl (C=O) groups is 2. The standard InChI is InChI=1S/C19H24N4O2S/c1-19(2,3)14-9-7-13(8-10-14)17-20-21-18(22(17)4)26-12-16(25)23-11-5-6-15(23)24/h7-10H,5-6,11-12H2,1-4H3. The summed E-state index contributed by atoms with van der Waals surface area (Å²) in [5.74, 6) is 0.725. The van der Waals surface area contributed by atoms with Crippen molar-refractivity contribution < 1.29 is 9.59 Å². The van der Waals surface area contributed by atoms with E-state index in [0.717, 1.165) is 17.8 Å². The Morgan fingerprint density at radius 1 is 1.19 bits per heavy atom. The van der Waals surface area contributed by atoms with Crippen molar-refractivity contribution in [3.8, 4) is 11.4 Å². The van der Waals surface area contributed by atoms with E-state index in [2.05, 4.69) is 43.1 Å². The molecule has 0 aliphatic carbocycles. The van der Waals surface area contributed by atoms with E-state index in [4.69, 9.17) is 0 Å². The highest BCUT2D eigenvalue weighted by molar-refractivity contribution is 7.99. The smallest absolute Gasteiger partial charge is 0.239 e. The number of thioether (sulfide) groups is 1. The van der Waals surface area contributed by atoms with E-state index in [0.29, 0.717) is 18.1 Å². The minimum atomic E-state index is -0.156. The number of amides is 2. The van der Waals surface area contributed by atoms with Crippen LogP contribution in [0.4, 0.5) is 0 Å². The highest BCUT2D eigenvalue weighted by Crippen LogP contribution is 2.27. The zero-order chi connectivity index (χ0) is 18.9. The molecular weight excluding hydrogens is 348 g/mol. The van der Waals surface area contributed by atoms with Crippen molar-refractivity contribution in [2.75, 3.05) is 12.3 Å². The molecule has 2 aromatic rings. The predicted molar refractivity (Wildman–Crippen MR) is 102 cm³/mol. The molecule has 1 fully saturated rings. The molecule has 0 spiro atoms. The van der Waals surface area contributed by atoms with Gasteiger partial charge in [-0.3, -0.25) is 14.5 Å². The Bertz CT molecular complexity index is 821. The molecule has 1 saturated heterocycles. The molecule has 2 amide bonds. The molecule has 1 aromatic heterocycles. The first-order chi connectivity index (χ1) is 12.3. The molecule has 0 bridgehead atoms. The van der Waals surface area contributed by atoms with Crippen molar-refractivity contribution in [2.45, 2.75) is 44.2 Å². The number of hydrogen-bond acceptors (Lipinski definition) is 5. The molecule has 1 aliphatic heterocycles. The Kier molecular flexibility index (Phi) is 5.18. The molecule has 0 atom stereocenters. The van der Waals surface area contributed by atoms with Crippen LogP contribution in [0.3, 0.4) is 0 Å². The fourth-order valence-electron chi connectivity index (χ4n) is 2.93. The van der Waals surface area contributed by atoms with E-state index < -0.39 is 0 Å². The lowest BCUT2D eigenvalue weighted by molar-refractivity contribution is -0.140. The van der Waals surface area contributed by atoms with Gasteiger partial charge in [-0.15, -0.1) is 10.2 Å². The van der Waals surface area contributed by atoms with Gasteiger partial charge in [0, 0.05) is 25.6 Å². The van der Waals surface area contributed by atoms with Crippen LogP contribution >= 0.6 is 11.8 Å². The quantitative estimate of drug-likeness (QED) is 0.772. The summed E-state index contributed by atoms with van der Waals surface area (Å²) in [4.78, 5) is 25.2. The third-order valence-corrected chi connectivity index (χ3v) is 5.55. The summed E-state index contributed by atoms with van der Waals surface area (Å²) in [7, 11) is 1.89. The van der Waals surface area contributed by atoms with Gasteiger partial charge < -0.3 is 4.57 Å². The molecule has 0 saturated carbocycles. The summed E-state index contributed by atoms with van der Waals surface area (Å²) >= 11 is 1.31. The minimum Gasteiger partial charge on any atom is -0.305 e. The first-order valence-corrected chi connectivity index (χ1v) is 9.72. The van der Waals surface area contributed by atoms with Crippen LogP contribution in [0.1, 0.15) is 39.2 Å². The topological polar surface area (TPSA) is 68.1 Å². The average Bonchev–Trinajstić information content (AvgIpc) is 3.18. The Labute approximate surface area is 158 Å². The SMILES string of the molecule is Cn1c(SCC(=O)N2CCCC2=O)nnc1-c1ccc(C(C)(C)C)cc1. The Balaban J connectivity index is 1.70. The molecule has 0 unspecified atom stereocenters. The van der Waals surface area contributed by atoms with Crippen molar-refractivity contribution in [1.82, 2.24) is 19.7 Å². The lowest BCUT2D eigenvalue weighted by Crippen LogP contribution is -2.33. The average molecular weight is 372 g/mol. The van der Waals surface area contributed by atoms with E-state index in [-0.39, 0.29) is 23.0 Å². The highest BCUT2D eigenvalue weighted by atomic mass is 32.2. The normalized spacial score (nSPS) is 14.9. The van der Waals surface area contributed by atoms with Gasteiger partial charge in [0.25, 0.3) is 0 Å². The maximum atomic E-state index is 12.2. The lowest BCUT2D eigenvalue weighted by atomic mass is 9.87. The summed E-state index contributed by atoms with van der Waals surface area (Å²) < 4.78 is 1.88. The minimum absolute atomic E-state index is 0.0757. The molecule has 138 valence electrons. The molecule has 26 heavy (non-hydrogen) atoms. The van der Waals surface area contributed by atoms with Crippen LogP contribution in [-0.2, 0) is 22.1 Å². The highest BCUT2D eigenvalue weighted by Gasteiger charge is 2.26. The monoisotopic (exact) mass is 372 g/mol. The maximum Gasteiger partial charge on any atom is 0.239 e. The number of likely N-dealkylation sites (tertiary alicyclic amines) is 1. The Morgan fingerprint density at radius 3 is 2.46 bits per heavy atom. The Morgan fingerprint density at radius 2 is 1.88 bits per heavy atom. The second-order valence-electron chi connectivity index (χ2n) is 7.52. The van der Waals surface area contributed by atoms with E-state index in [1.807, 2.05) is 23.7 Å². The zero-order valence-electron chi connectivity index (χ0n) is 15.7. The second kappa shape index (κ2) is 7.23. The number of hydrogen-bond donors (Lipinski definition) is 0.